The van der Waals surface area contributed by atoms with Crippen molar-refractivity contribution in [3.63, 3.8) is 0 Å². The third-order valence-corrected chi connectivity index (χ3v) is 3.20. The van der Waals surface area contributed by atoms with E-state index >= 15 is 0 Å². The van der Waals surface area contributed by atoms with Gasteiger partial charge in [0.15, 0.2) is 0 Å². The Morgan fingerprint density at radius 2 is 1.80 bits per heavy atom. The molecule has 0 spiro atoms. The average Bonchev–Trinajstić information content (AvgIpc) is 2.53. The molecule has 5 heteroatoms. The molecular formula is C15H14N4O. The van der Waals surface area contributed by atoms with Crippen LogP contribution in [-0.4, -0.2) is 22.1 Å². The van der Waals surface area contributed by atoms with Gasteiger partial charge in [-0.2, -0.15) is 0 Å². The van der Waals surface area contributed by atoms with Gasteiger partial charge in [-0.15, -0.1) is 0 Å². The lowest BCUT2D eigenvalue weighted by Gasteiger charge is -2.15. The summed E-state index contributed by atoms with van der Waals surface area (Å²) < 4.78 is 5.23. The molecule has 3 aromatic rings. The Bertz CT molecular complexity index is 739. The number of para-hydroxylation sites is 1. The topological polar surface area (TPSA) is 73.9 Å². The maximum atomic E-state index is 6.35. The molecule has 100 valence electrons. The minimum absolute atomic E-state index is 0.411. The van der Waals surface area contributed by atoms with Crippen molar-refractivity contribution >= 4 is 10.9 Å². The molecule has 0 aliphatic heterocycles. The first-order valence-corrected chi connectivity index (χ1v) is 6.25. The maximum Gasteiger partial charge on any atom is 0.237 e. The molecule has 1 aromatic carbocycles. The first-order chi connectivity index (χ1) is 9.81. The summed E-state index contributed by atoms with van der Waals surface area (Å²) in [4.78, 5) is 12.8. The molecule has 0 aliphatic carbocycles. The SMILES string of the molecule is COc1nccnc1C(N)c1ccnc2ccccc12. The van der Waals surface area contributed by atoms with Gasteiger partial charge in [0.25, 0.3) is 0 Å². The molecule has 1 unspecified atom stereocenters. The van der Waals surface area contributed by atoms with Gasteiger partial charge in [-0.05, 0) is 17.7 Å². The number of nitrogens with two attached hydrogens (primary N) is 1. The van der Waals surface area contributed by atoms with Crippen molar-refractivity contribution in [2.75, 3.05) is 7.11 Å². The predicted octanol–water partition coefficient (Wildman–Crippen LogP) is 2.08. The normalized spacial score (nSPS) is 12.3. The molecule has 0 saturated carbocycles. The van der Waals surface area contributed by atoms with Crippen molar-refractivity contribution in [2.24, 2.45) is 5.73 Å². The van der Waals surface area contributed by atoms with Crippen molar-refractivity contribution in [1.82, 2.24) is 15.0 Å². The Hall–Kier alpha value is -2.53. The summed E-state index contributed by atoms with van der Waals surface area (Å²) in [5.74, 6) is 0.445. The number of ether oxygens (including phenoxy) is 1. The largest absolute Gasteiger partial charge is 0.480 e. The van der Waals surface area contributed by atoms with Gasteiger partial charge in [0.05, 0.1) is 18.7 Å². The van der Waals surface area contributed by atoms with Crippen LogP contribution in [0, 0.1) is 0 Å². The second-order valence-electron chi connectivity index (χ2n) is 4.35. The van der Waals surface area contributed by atoms with E-state index in [1.807, 2.05) is 30.3 Å². The Balaban J connectivity index is 2.15. The van der Waals surface area contributed by atoms with E-state index in [1.54, 1.807) is 25.7 Å². The van der Waals surface area contributed by atoms with Gasteiger partial charge in [0.2, 0.25) is 5.88 Å². The van der Waals surface area contributed by atoms with Crippen molar-refractivity contribution in [3.8, 4) is 5.88 Å². The number of nitrogens with zero attached hydrogens (tertiary/aromatic N) is 3. The standard InChI is InChI=1S/C15H14N4O/c1-20-15-14(18-8-9-19-15)13(16)11-6-7-17-12-5-3-2-4-10(11)12/h2-9,13H,16H2,1H3. The second-order valence-corrected chi connectivity index (χ2v) is 4.35. The summed E-state index contributed by atoms with van der Waals surface area (Å²) >= 11 is 0. The van der Waals surface area contributed by atoms with E-state index in [-0.39, 0.29) is 0 Å². The highest BCUT2D eigenvalue weighted by molar-refractivity contribution is 5.82. The third kappa shape index (κ3) is 2.08. The number of aromatic nitrogens is 3. The number of pyridine rings is 1. The number of fused-ring (bicyclic) bond motifs is 1. The molecule has 20 heavy (non-hydrogen) atoms. The van der Waals surface area contributed by atoms with Gasteiger partial charge in [0.1, 0.15) is 5.69 Å². The third-order valence-electron chi connectivity index (χ3n) is 3.20. The Morgan fingerprint density at radius 3 is 2.65 bits per heavy atom. The van der Waals surface area contributed by atoms with Gasteiger partial charge in [-0.1, -0.05) is 18.2 Å². The van der Waals surface area contributed by atoms with E-state index in [1.165, 1.54) is 0 Å². The highest BCUT2D eigenvalue weighted by atomic mass is 16.5. The molecule has 2 aromatic heterocycles. The number of hydrogen-bond donors (Lipinski definition) is 1. The van der Waals surface area contributed by atoms with Gasteiger partial charge in [-0.25, -0.2) is 4.98 Å². The molecule has 2 heterocycles. The van der Waals surface area contributed by atoms with Crippen molar-refractivity contribution in [1.29, 1.82) is 0 Å². The smallest absolute Gasteiger partial charge is 0.237 e. The van der Waals surface area contributed by atoms with Crippen LogP contribution in [-0.2, 0) is 0 Å². The minimum Gasteiger partial charge on any atom is -0.480 e. The Labute approximate surface area is 116 Å². The monoisotopic (exact) mass is 266 g/mol. The Kier molecular flexibility index (Phi) is 3.26. The van der Waals surface area contributed by atoms with E-state index in [4.69, 9.17) is 10.5 Å². The number of methoxy groups -OCH3 is 1. The summed E-state index contributed by atoms with van der Waals surface area (Å²) in [7, 11) is 1.56. The molecule has 0 saturated heterocycles. The van der Waals surface area contributed by atoms with E-state index < -0.39 is 6.04 Å². The molecule has 0 radical (unpaired) electrons. The van der Waals surface area contributed by atoms with Crippen LogP contribution in [0.4, 0.5) is 0 Å². The van der Waals surface area contributed by atoms with Gasteiger partial charge >= 0.3 is 0 Å². The fourth-order valence-corrected chi connectivity index (χ4v) is 2.24. The van der Waals surface area contributed by atoms with Gasteiger partial charge in [-0.3, -0.25) is 9.97 Å². The summed E-state index contributed by atoms with van der Waals surface area (Å²) in [6.45, 7) is 0. The Morgan fingerprint density at radius 1 is 1.00 bits per heavy atom. The first-order valence-electron chi connectivity index (χ1n) is 6.25. The molecular weight excluding hydrogens is 252 g/mol. The van der Waals surface area contributed by atoms with Crippen molar-refractivity contribution < 1.29 is 4.74 Å². The minimum atomic E-state index is -0.411. The van der Waals surface area contributed by atoms with E-state index in [0.717, 1.165) is 16.5 Å². The molecule has 0 fully saturated rings. The van der Waals surface area contributed by atoms with Crippen LogP contribution in [0.2, 0.25) is 0 Å². The highest BCUT2D eigenvalue weighted by Gasteiger charge is 2.18. The van der Waals surface area contributed by atoms with E-state index in [2.05, 4.69) is 15.0 Å². The molecule has 0 bridgehead atoms. The lowest BCUT2D eigenvalue weighted by molar-refractivity contribution is 0.387. The van der Waals surface area contributed by atoms with Gasteiger partial charge < -0.3 is 10.5 Å². The van der Waals surface area contributed by atoms with Crippen molar-refractivity contribution in [3.05, 3.63) is 60.2 Å². The summed E-state index contributed by atoms with van der Waals surface area (Å²) in [6.07, 6.45) is 4.95. The van der Waals surface area contributed by atoms with Crippen LogP contribution >= 0.6 is 0 Å². The lowest BCUT2D eigenvalue weighted by Crippen LogP contribution is -2.16. The van der Waals surface area contributed by atoms with E-state index in [9.17, 15) is 0 Å². The van der Waals surface area contributed by atoms with E-state index in [0.29, 0.717) is 11.6 Å². The summed E-state index contributed by atoms with van der Waals surface area (Å²) in [5, 5.41) is 1.01. The van der Waals surface area contributed by atoms with Crippen LogP contribution in [0.1, 0.15) is 17.3 Å². The van der Waals surface area contributed by atoms with Crippen LogP contribution in [0.5, 0.6) is 5.88 Å². The number of rotatable bonds is 3. The van der Waals surface area contributed by atoms with Crippen LogP contribution in [0.25, 0.3) is 10.9 Å². The zero-order chi connectivity index (χ0) is 13.9. The van der Waals surface area contributed by atoms with Crippen LogP contribution < -0.4 is 10.5 Å². The number of hydrogen-bond acceptors (Lipinski definition) is 5. The van der Waals surface area contributed by atoms with Gasteiger partial charge in [0, 0.05) is 24.0 Å². The zero-order valence-electron chi connectivity index (χ0n) is 11.0. The zero-order valence-corrected chi connectivity index (χ0v) is 11.0. The fraction of sp³-hybridized carbons (Fsp3) is 0.133. The van der Waals surface area contributed by atoms with Crippen LogP contribution in [0.15, 0.2) is 48.9 Å². The quantitative estimate of drug-likeness (QED) is 0.785. The van der Waals surface area contributed by atoms with Crippen molar-refractivity contribution in [2.45, 2.75) is 6.04 Å². The first kappa shape index (κ1) is 12.5. The molecule has 3 rings (SSSR count). The molecule has 0 aliphatic rings. The van der Waals surface area contributed by atoms with Crippen LogP contribution in [0.3, 0.4) is 0 Å². The lowest BCUT2D eigenvalue weighted by atomic mass is 10.0. The summed E-state index contributed by atoms with van der Waals surface area (Å²) in [5.41, 5.74) is 8.82. The molecule has 0 amide bonds. The summed E-state index contributed by atoms with van der Waals surface area (Å²) in [6, 6.07) is 9.37. The highest BCUT2D eigenvalue weighted by Crippen LogP contribution is 2.28. The second kappa shape index (κ2) is 5.22. The predicted molar refractivity (Wildman–Crippen MR) is 76.4 cm³/mol. The molecule has 1 atom stereocenters. The molecule has 2 N–H and O–H groups in total. The number of benzene rings is 1. The maximum absolute atomic E-state index is 6.35. The average molecular weight is 266 g/mol. The fourth-order valence-electron chi connectivity index (χ4n) is 2.24. The molecule has 5 nitrogen and oxygen atoms in total.